The molecule has 0 aromatic carbocycles. The van der Waals surface area contributed by atoms with Crippen molar-refractivity contribution < 1.29 is 9.90 Å². The van der Waals surface area contributed by atoms with Gasteiger partial charge in [-0.15, -0.1) is 0 Å². The van der Waals surface area contributed by atoms with Gasteiger partial charge in [-0.1, -0.05) is 29.1 Å². The van der Waals surface area contributed by atoms with Crippen LogP contribution in [0.2, 0.25) is 0 Å². The van der Waals surface area contributed by atoms with Crippen LogP contribution in [0.1, 0.15) is 6.92 Å². The second kappa shape index (κ2) is 4.13. The highest BCUT2D eigenvalue weighted by Crippen LogP contribution is 2.18. The Hall–Kier alpha value is -0.830. The third-order valence-electron chi connectivity index (χ3n) is 1.07. The highest BCUT2D eigenvalue weighted by Gasteiger charge is 2.09. The number of hydrogen-bond acceptors (Lipinski definition) is 2. The van der Waals surface area contributed by atoms with Gasteiger partial charge >= 0.3 is 0 Å². The molecule has 0 saturated carbocycles. The number of Topliss-reactive ketones (excluding diaryl/α,β-unsaturated/α-hetero) is 1. The Morgan fingerprint density at radius 1 is 1.64 bits per heavy atom. The summed E-state index contributed by atoms with van der Waals surface area (Å²) in [4.78, 5) is 10.8. The van der Waals surface area contributed by atoms with Crippen LogP contribution in [0.25, 0.3) is 0 Å². The highest BCUT2D eigenvalue weighted by molar-refractivity contribution is 9.12. The van der Waals surface area contributed by atoms with Gasteiger partial charge < -0.3 is 5.11 Å². The molecule has 0 aromatic rings. The van der Waals surface area contributed by atoms with Crippen molar-refractivity contribution in [1.82, 2.24) is 0 Å². The number of hydrogen-bond donors (Lipinski definition) is 1. The molecule has 0 aliphatic rings. The quantitative estimate of drug-likeness (QED) is 0.448. The zero-order valence-corrected chi connectivity index (χ0v) is 7.81. The monoisotopic (exact) mass is 216 g/mol. The molecule has 1 N–H and O–H groups in total. The van der Waals surface area contributed by atoms with Crippen LogP contribution in [0, 0.1) is 0 Å². The van der Waals surface area contributed by atoms with E-state index in [-0.39, 0.29) is 17.1 Å². The minimum absolute atomic E-state index is 0.153. The summed E-state index contributed by atoms with van der Waals surface area (Å²) in [5.41, 5.74) is 0.167. The highest BCUT2D eigenvalue weighted by atomic mass is 79.9. The predicted molar refractivity (Wildman–Crippen MR) is 48.6 cm³/mol. The van der Waals surface area contributed by atoms with Crippen LogP contribution >= 0.6 is 15.9 Å². The van der Waals surface area contributed by atoms with Gasteiger partial charge in [-0.05, 0) is 13.0 Å². The van der Waals surface area contributed by atoms with Gasteiger partial charge in [0, 0.05) is 4.48 Å². The van der Waals surface area contributed by atoms with E-state index >= 15 is 0 Å². The summed E-state index contributed by atoms with van der Waals surface area (Å²) in [5, 5.41) is 9.11. The van der Waals surface area contributed by atoms with E-state index < -0.39 is 0 Å². The van der Waals surface area contributed by atoms with Crippen LogP contribution in [0.3, 0.4) is 0 Å². The Balaban J connectivity index is 5.04. The maximum atomic E-state index is 10.8. The van der Waals surface area contributed by atoms with Crippen molar-refractivity contribution in [2.24, 2.45) is 0 Å². The van der Waals surface area contributed by atoms with Crippen molar-refractivity contribution in [3.8, 4) is 0 Å². The molecule has 0 bridgehead atoms. The Bertz CT molecular complexity index is 222. The molecule has 0 spiro atoms. The molecule has 0 saturated heterocycles. The van der Waals surface area contributed by atoms with Gasteiger partial charge in [-0.2, -0.15) is 0 Å². The molecule has 0 fully saturated rings. The standard InChI is InChI=1S/C8H9BrO2/c1-4-7(11)8(5(2)9)6(3)10/h4,11H,1-2H2,3H3/b8-7-. The van der Waals surface area contributed by atoms with Crippen LogP contribution in [0.5, 0.6) is 0 Å². The smallest absolute Gasteiger partial charge is 0.164 e. The topological polar surface area (TPSA) is 37.3 Å². The molecule has 0 amide bonds. The van der Waals surface area contributed by atoms with E-state index in [9.17, 15) is 4.79 Å². The molecule has 0 atom stereocenters. The SMILES string of the molecule is C=C/C(O)=C(\C(=C)Br)C(C)=O. The summed E-state index contributed by atoms with van der Waals surface area (Å²) in [6.45, 7) is 8.15. The normalized spacial score (nSPS) is 11.8. The number of carbonyl (C=O) groups is 1. The molecule has 0 aliphatic heterocycles. The zero-order valence-electron chi connectivity index (χ0n) is 6.22. The van der Waals surface area contributed by atoms with Crippen molar-refractivity contribution in [3.63, 3.8) is 0 Å². The van der Waals surface area contributed by atoms with Gasteiger partial charge in [-0.25, -0.2) is 0 Å². The summed E-state index contributed by atoms with van der Waals surface area (Å²) in [7, 11) is 0. The van der Waals surface area contributed by atoms with Gasteiger partial charge in [0.2, 0.25) is 0 Å². The minimum Gasteiger partial charge on any atom is -0.507 e. The average molecular weight is 217 g/mol. The van der Waals surface area contributed by atoms with Gasteiger partial charge in [0.25, 0.3) is 0 Å². The summed E-state index contributed by atoms with van der Waals surface area (Å²) >= 11 is 3.00. The van der Waals surface area contributed by atoms with Crippen LogP contribution in [-0.2, 0) is 4.79 Å². The van der Waals surface area contributed by atoms with Crippen LogP contribution < -0.4 is 0 Å². The molecular weight excluding hydrogens is 208 g/mol. The molecule has 2 nitrogen and oxygen atoms in total. The van der Waals surface area contributed by atoms with Crippen molar-refractivity contribution in [2.75, 3.05) is 0 Å². The van der Waals surface area contributed by atoms with E-state index in [0.29, 0.717) is 4.48 Å². The van der Waals surface area contributed by atoms with Crippen molar-refractivity contribution >= 4 is 21.7 Å². The Morgan fingerprint density at radius 3 is 2.18 bits per heavy atom. The Kier molecular flexibility index (Phi) is 3.82. The first-order valence-corrected chi connectivity index (χ1v) is 3.71. The summed E-state index contributed by atoms with van der Waals surface area (Å²) in [6, 6.07) is 0. The maximum absolute atomic E-state index is 10.8. The predicted octanol–water partition coefficient (Wildman–Crippen LogP) is 2.48. The lowest BCUT2D eigenvalue weighted by molar-refractivity contribution is -0.113. The summed E-state index contributed by atoms with van der Waals surface area (Å²) < 4.78 is 0.363. The first-order valence-electron chi connectivity index (χ1n) is 2.92. The number of allylic oxidation sites excluding steroid dienone is 3. The molecule has 0 unspecified atom stereocenters. The van der Waals surface area contributed by atoms with Crippen LogP contribution in [-0.4, -0.2) is 10.9 Å². The van der Waals surface area contributed by atoms with Crippen LogP contribution in [0.15, 0.2) is 35.0 Å². The number of rotatable bonds is 3. The number of halogens is 1. The minimum atomic E-state index is -0.246. The van der Waals surface area contributed by atoms with Crippen molar-refractivity contribution in [2.45, 2.75) is 6.92 Å². The fourth-order valence-corrected chi connectivity index (χ4v) is 1.09. The zero-order chi connectivity index (χ0) is 9.02. The van der Waals surface area contributed by atoms with Gasteiger partial charge in [0.05, 0.1) is 5.57 Å². The molecule has 0 heterocycles. The first-order chi connectivity index (χ1) is 5.00. The lowest BCUT2D eigenvalue weighted by Crippen LogP contribution is -1.99. The second-order valence-corrected chi connectivity index (χ2v) is 2.88. The van der Waals surface area contributed by atoms with E-state index in [1.807, 2.05) is 0 Å². The first kappa shape index (κ1) is 10.2. The lowest BCUT2D eigenvalue weighted by Gasteiger charge is -2.01. The van der Waals surface area contributed by atoms with Gasteiger partial charge in [-0.3, -0.25) is 4.79 Å². The number of aliphatic hydroxyl groups excluding tert-OH is 1. The Labute approximate surface area is 74.0 Å². The number of ketones is 1. The molecule has 0 aromatic heterocycles. The molecular formula is C8H9BrO2. The fourth-order valence-electron chi connectivity index (χ4n) is 0.612. The molecule has 0 rings (SSSR count). The van der Waals surface area contributed by atoms with E-state index in [0.717, 1.165) is 0 Å². The molecule has 0 radical (unpaired) electrons. The van der Waals surface area contributed by atoms with Gasteiger partial charge in [0.1, 0.15) is 5.76 Å². The second-order valence-electron chi connectivity index (χ2n) is 1.93. The van der Waals surface area contributed by atoms with Crippen molar-refractivity contribution in [3.05, 3.63) is 35.0 Å². The third kappa shape index (κ3) is 2.72. The number of carbonyl (C=O) groups excluding carboxylic acids is 1. The summed E-state index contributed by atoms with van der Waals surface area (Å²) in [6.07, 6.45) is 1.20. The van der Waals surface area contributed by atoms with Gasteiger partial charge in [0.15, 0.2) is 5.78 Å². The molecule has 3 heteroatoms. The molecule has 11 heavy (non-hydrogen) atoms. The van der Waals surface area contributed by atoms with E-state index in [1.165, 1.54) is 13.0 Å². The third-order valence-corrected chi connectivity index (χ3v) is 1.47. The number of aliphatic hydroxyl groups is 1. The summed E-state index contributed by atoms with van der Waals surface area (Å²) in [5.74, 6) is -0.399. The Morgan fingerprint density at radius 2 is 2.09 bits per heavy atom. The van der Waals surface area contributed by atoms with Crippen LogP contribution in [0.4, 0.5) is 0 Å². The van der Waals surface area contributed by atoms with Crippen molar-refractivity contribution in [1.29, 1.82) is 0 Å². The molecule has 60 valence electrons. The largest absolute Gasteiger partial charge is 0.507 e. The molecule has 0 aliphatic carbocycles. The van der Waals surface area contributed by atoms with E-state index in [1.54, 1.807) is 0 Å². The van der Waals surface area contributed by atoms with E-state index in [2.05, 4.69) is 29.1 Å². The fraction of sp³-hybridized carbons (Fsp3) is 0.125. The van der Waals surface area contributed by atoms with E-state index in [4.69, 9.17) is 5.11 Å². The lowest BCUT2D eigenvalue weighted by atomic mass is 10.1. The average Bonchev–Trinajstić information content (AvgIpc) is 1.85. The maximum Gasteiger partial charge on any atom is 0.164 e.